The first-order valence-corrected chi connectivity index (χ1v) is 7.85. The molecule has 1 aliphatic rings. The Morgan fingerprint density at radius 1 is 1.04 bits per heavy atom. The van der Waals surface area contributed by atoms with Crippen molar-refractivity contribution < 1.29 is 19.2 Å². The number of ketones is 1. The Morgan fingerprint density at radius 3 is 2.00 bits per heavy atom. The molecular formula is C18H22N2O4. The number of rotatable bonds is 4. The molecule has 0 aliphatic carbocycles. The van der Waals surface area contributed by atoms with Gasteiger partial charge in [0.15, 0.2) is 0 Å². The Hall–Kier alpha value is -2.50. The summed E-state index contributed by atoms with van der Waals surface area (Å²) < 4.78 is 0. The van der Waals surface area contributed by atoms with Crippen molar-refractivity contribution in [2.45, 2.75) is 40.0 Å². The van der Waals surface area contributed by atoms with Gasteiger partial charge in [-0.05, 0) is 12.5 Å². The van der Waals surface area contributed by atoms with Crippen molar-refractivity contribution in [3.63, 3.8) is 0 Å². The van der Waals surface area contributed by atoms with Crippen LogP contribution in [0, 0.1) is 18.3 Å². The largest absolute Gasteiger partial charge is 0.328 e. The molecule has 6 heteroatoms. The molecule has 128 valence electrons. The van der Waals surface area contributed by atoms with Crippen LogP contribution in [0.25, 0.3) is 0 Å². The highest BCUT2D eigenvalue weighted by molar-refractivity contribution is 6.16. The standard InChI is InChI=1S/C18H22N2O4/c1-10-5-7-11(8-6-10)12(9-13(21)18(2,3)4)14-15(22)19-17(24)20-16(14)23/h5-8,12,14H,9H2,1-4H3,(H2,19,20,22,23,24). The number of barbiturate groups is 1. The van der Waals surface area contributed by atoms with Crippen LogP contribution in [0.5, 0.6) is 0 Å². The molecule has 2 rings (SSSR count). The predicted molar refractivity (Wildman–Crippen MR) is 88.2 cm³/mol. The smallest absolute Gasteiger partial charge is 0.299 e. The lowest BCUT2D eigenvalue weighted by atomic mass is 9.76. The number of imide groups is 2. The highest BCUT2D eigenvalue weighted by atomic mass is 16.2. The van der Waals surface area contributed by atoms with Gasteiger partial charge in [-0.2, -0.15) is 0 Å². The van der Waals surface area contributed by atoms with E-state index in [0.29, 0.717) is 0 Å². The zero-order valence-electron chi connectivity index (χ0n) is 14.3. The minimum atomic E-state index is -1.11. The molecule has 6 nitrogen and oxygen atoms in total. The van der Waals surface area contributed by atoms with E-state index >= 15 is 0 Å². The summed E-state index contributed by atoms with van der Waals surface area (Å²) in [7, 11) is 0. The number of carbonyl (C=O) groups excluding carboxylic acids is 4. The lowest BCUT2D eigenvalue weighted by Crippen LogP contribution is -2.57. The lowest BCUT2D eigenvalue weighted by molar-refractivity contribution is -0.137. The third kappa shape index (κ3) is 3.88. The Bertz CT molecular complexity index is 666. The summed E-state index contributed by atoms with van der Waals surface area (Å²) in [4.78, 5) is 48.2. The predicted octanol–water partition coefficient (Wildman–Crippen LogP) is 2.07. The number of carbonyl (C=O) groups is 4. The van der Waals surface area contributed by atoms with Crippen molar-refractivity contribution in [2.24, 2.45) is 11.3 Å². The topological polar surface area (TPSA) is 92.3 Å². The van der Waals surface area contributed by atoms with E-state index < -0.39 is 35.1 Å². The van der Waals surface area contributed by atoms with Gasteiger partial charge < -0.3 is 0 Å². The first-order chi connectivity index (χ1) is 11.1. The van der Waals surface area contributed by atoms with E-state index in [1.165, 1.54) is 0 Å². The molecule has 24 heavy (non-hydrogen) atoms. The maximum absolute atomic E-state index is 12.5. The van der Waals surface area contributed by atoms with Gasteiger partial charge in [-0.25, -0.2) is 4.79 Å². The second kappa shape index (κ2) is 6.55. The van der Waals surface area contributed by atoms with Gasteiger partial charge in [-0.15, -0.1) is 0 Å². The average molecular weight is 330 g/mol. The average Bonchev–Trinajstić information content (AvgIpc) is 2.45. The lowest BCUT2D eigenvalue weighted by Gasteiger charge is -2.30. The molecule has 0 bridgehead atoms. The van der Waals surface area contributed by atoms with E-state index in [9.17, 15) is 19.2 Å². The third-order valence-corrected chi connectivity index (χ3v) is 4.19. The molecule has 1 unspecified atom stereocenters. The number of hydrogen-bond donors (Lipinski definition) is 2. The van der Waals surface area contributed by atoms with Crippen LogP contribution >= 0.6 is 0 Å². The second-order valence-corrected chi connectivity index (χ2v) is 7.18. The van der Waals surface area contributed by atoms with E-state index in [4.69, 9.17) is 0 Å². The summed E-state index contributed by atoms with van der Waals surface area (Å²) in [5.74, 6) is -3.13. The molecule has 1 aliphatic heterocycles. The first-order valence-electron chi connectivity index (χ1n) is 7.85. The molecule has 1 fully saturated rings. The van der Waals surface area contributed by atoms with Crippen molar-refractivity contribution >= 4 is 23.6 Å². The molecule has 0 radical (unpaired) electrons. The van der Waals surface area contributed by atoms with Crippen LogP contribution < -0.4 is 10.6 Å². The van der Waals surface area contributed by atoms with Gasteiger partial charge in [0.1, 0.15) is 11.7 Å². The maximum atomic E-state index is 12.5. The quantitative estimate of drug-likeness (QED) is 0.827. The number of hydrogen-bond acceptors (Lipinski definition) is 4. The summed E-state index contributed by atoms with van der Waals surface area (Å²) >= 11 is 0. The Kier molecular flexibility index (Phi) is 4.87. The normalized spacial score (nSPS) is 17.2. The van der Waals surface area contributed by atoms with Gasteiger partial charge in [0.2, 0.25) is 11.8 Å². The molecule has 1 heterocycles. The Balaban J connectivity index is 2.40. The van der Waals surface area contributed by atoms with Gasteiger partial charge >= 0.3 is 6.03 Å². The van der Waals surface area contributed by atoms with Gasteiger partial charge in [0.25, 0.3) is 0 Å². The molecule has 1 aromatic carbocycles. The molecule has 2 N–H and O–H groups in total. The van der Waals surface area contributed by atoms with Crippen LogP contribution in [-0.2, 0) is 14.4 Å². The maximum Gasteiger partial charge on any atom is 0.328 e. The number of aryl methyl sites for hydroxylation is 1. The van der Waals surface area contributed by atoms with Crippen LogP contribution in [-0.4, -0.2) is 23.6 Å². The molecule has 0 spiro atoms. The summed E-state index contributed by atoms with van der Waals surface area (Å²) in [6.07, 6.45) is 0.0479. The monoisotopic (exact) mass is 330 g/mol. The molecule has 1 saturated heterocycles. The first kappa shape index (κ1) is 17.8. The summed E-state index contributed by atoms with van der Waals surface area (Å²) in [5.41, 5.74) is 1.18. The van der Waals surface area contributed by atoms with Crippen molar-refractivity contribution in [3.8, 4) is 0 Å². The van der Waals surface area contributed by atoms with E-state index in [2.05, 4.69) is 10.6 Å². The van der Waals surface area contributed by atoms with Crippen LogP contribution in [0.1, 0.15) is 44.2 Å². The highest BCUT2D eigenvalue weighted by Gasteiger charge is 2.42. The van der Waals surface area contributed by atoms with Crippen molar-refractivity contribution in [2.75, 3.05) is 0 Å². The SMILES string of the molecule is Cc1ccc(C(CC(=O)C(C)(C)C)C2C(=O)NC(=O)NC2=O)cc1. The number of amides is 4. The van der Waals surface area contributed by atoms with E-state index in [-0.39, 0.29) is 12.2 Å². The van der Waals surface area contributed by atoms with Crippen molar-refractivity contribution in [1.29, 1.82) is 0 Å². The minimum Gasteiger partial charge on any atom is -0.299 e. The van der Waals surface area contributed by atoms with Crippen molar-refractivity contribution in [3.05, 3.63) is 35.4 Å². The van der Waals surface area contributed by atoms with Crippen LogP contribution in [0.2, 0.25) is 0 Å². The fourth-order valence-corrected chi connectivity index (χ4v) is 2.64. The van der Waals surface area contributed by atoms with E-state index in [1.54, 1.807) is 20.8 Å². The molecular weight excluding hydrogens is 308 g/mol. The molecule has 1 aromatic rings. The van der Waals surface area contributed by atoms with Crippen LogP contribution in [0.15, 0.2) is 24.3 Å². The fraction of sp³-hybridized carbons (Fsp3) is 0.444. The zero-order chi connectivity index (χ0) is 18.1. The summed E-state index contributed by atoms with van der Waals surface area (Å²) in [5, 5.41) is 4.22. The minimum absolute atomic E-state index is 0.0479. The summed E-state index contributed by atoms with van der Waals surface area (Å²) in [6, 6.07) is 6.53. The zero-order valence-corrected chi connectivity index (χ0v) is 14.3. The van der Waals surface area contributed by atoms with Gasteiger partial charge in [-0.3, -0.25) is 25.0 Å². The van der Waals surface area contributed by atoms with Gasteiger partial charge in [-0.1, -0.05) is 50.6 Å². The van der Waals surface area contributed by atoms with Crippen LogP contribution in [0.3, 0.4) is 0 Å². The van der Waals surface area contributed by atoms with Gasteiger partial charge in [0, 0.05) is 17.8 Å². The Labute approximate surface area is 141 Å². The van der Waals surface area contributed by atoms with Crippen LogP contribution in [0.4, 0.5) is 4.79 Å². The van der Waals surface area contributed by atoms with E-state index in [0.717, 1.165) is 11.1 Å². The highest BCUT2D eigenvalue weighted by Crippen LogP contribution is 2.33. The molecule has 0 aromatic heterocycles. The summed E-state index contributed by atoms with van der Waals surface area (Å²) in [6.45, 7) is 7.32. The molecule has 0 saturated carbocycles. The second-order valence-electron chi connectivity index (χ2n) is 7.18. The molecule has 4 amide bonds. The molecule has 1 atom stereocenters. The Morgan fingerprint density at radius 2 is 1.54 bits per heavy atom. The van der Waals surface area contributed by atoms with Gasteiger partial charge in [0.05, 0.1) is 0 Å². The van der Waals surface area contributed by atoms with Crippen molar-refractivity contribution in [1.82, 2.24) is 10.6 Å². The number of nitrogens with one attached hydrogen (secondary N) is 2. The number of Topliss-reactive ketones (excluding diaryl/α,β-unsaturated/α-hetero) is 1. The third-order valence-electron chi connectivity index (χ3n) is 4.19. The number of benzene rings is 1. The fourth-order valence-electron chi connectivity index (χ4n) is 2.64. The van der Waals surface area contributed by atoms with E-state index in [1.807, 2.05) is 31.2 Å². The number of urea groups is 1.